The standard InChI is InChI=1S/C19H32N4.HI/c1-15(2)12-19(9-5-10-19)14-23-18(20-4)21-11-8-17-7-6-16(3)22-13-17;/h6-7,13,15H,5,8-12,14H2,1-4H3,(H2,20,21,23);1H. The molecule has 0 unspecified atom stereocenters. The van der Waals surface area contributed by atoms with Crippen molar-refractivity contribution in [3.8, 4) is 0 Å². The van der Waals surface area contributed by atoms with E-state index >= 15 is 0 Å². The van der Waals surface area contributed by atoms with Gasteiger partial charge in [0, 0.05) is 32.0 Å². The summed E-state index contributed by atoms with van der Waals surface area (Å²) >= 11 is 0. The molecule has 24 heavy (non-hydrogen) atoms. The summed E-state index contributed by atoms with van der Waals surface area (Å²) in [7, 11) is 1.85. The zero-order valence-electron chi connectivity index (χ0n) is 15.6. The van der Waals surface area contributed by atoms with Crippen LogP contribution in [0.4, 0.5) is 0 Å². The third-order valence-corrected chi connectivity index (χ3v) is 4.79. The van der Waals surface area contributed by atoms with Gasteiger partial charge in [-0.05, 0) is 55.6 Å². The summed E-state index contributed by atoms with van der Waals surface area (Å²) in [5.74, 6) is 1.68. The SMILES string of the molecule is CN=C(NCCc1ccc(C)nc1)NCC1(CC(C)C)CCC1.I. The van der Waals surface area contributed by atoms with Gasteiger partial charge in [-0.15, -0.1) is 24.0 Å². The summed E-state index contributed by atoms with van der Waals surface area (Å²) in [6, 6.07) is 4.21. The minimum atomic E-state index is 0. The van der Waals surface area contributed by atoms with E-state index in [2.05, 4.69) is 46.6 Å². The number of halogens is 1. The summed E-state index contributed by atoms with van der Waals surface area (Å²) in [4.78, 5) is 8.69. The topological polar surface area (TPSA) is 49.3 Å². The van der Waals surface area contributed by atoms with Crippen LogP contribution < -0.4 is 10.6 Å². The van der Waals surface area contributed by atoms with E-state index in [1.165, 1.54) is 31.2 Å². The minimum absolute atomic E-state index is 0. The first-order valence-corrected chi connectivity index (χ1v) is 8.89. The first kappa shape index (κ1) is 21.2. The number of guanidine groups is 1. The van der Waals surface area contributed by atoms with Crippen LogP contribution in [-0.2, 0) is 6.42 Å². The maximum atomic E-state index is 4.35. The Labute approximate surface area is 164 Å². The molecule has 0 aliphatic heterocycles. The van der Waals surface area contributed by atoms with Gasteiger partial charge in [-0.3, -0.25) is 9.98 Å². The summed E-state index contributed by atoms with van der Waals surface area (Å²) in [6.07, 6.45) is 8.31. The maximum absolute atomic E-state index is 4.35. The lowest BCUT2D eigenvalue weighted by molar-refractivity contribution is 0.104. The molecule has 0 saturated heterocycles. The van der Waals surface area contributed by atoms with Crippen LogP contribution in [0.1, 0.15) is 50.8 Å². The van der Waals surface area contributed by atoms with Crippen LogP contribution in [0, 0.1) is 18.3 Å². The zero-order valence-corrected chi connectivity index (χ0v) is 17.9. The number of nitrogens with zero attached hydrogens (tertiary/aromatic N) is 2. The third-order valence-electron chi connectivity index (χ3n) is 4.79. The van der Waals surface area contributed by atoms with Crippen molar-refractivity contribution in [1.82, 2.24) is 15.6 Å². The number of hydrogen-bond acceptors (Lipinski definition) is 2. The number of hydrogen-bond donors (Lipinski definition) is 2. The van der Waals surface area contributed by atoms with Gasteiger partial charge in [-0.25, -0.2) is 0 Å². The first-order valence-electron chi connectivity index (χ1n) is 8.89. The fraction of sp³-hybridized carbons (Fsp3) is 0.684. The summed E-state index contributed by atoms with van der Waals surface area (Å²) in [5.41, 5.74) is 2.82. The Morgan fingerprint density at radius 2 is 2.04 bits per heavy atom. The molecule has 1 aliphatic rings. The Kier molecular flexibility index (Phi) is 9.02. The fourth-order valence-electron chi connectivity index (χ4n) is 3.46. The molecule has 2 rings (SSSR count). The monoisotopic (exact) mass is 444 g/mol. The highest BCUT2D eigenvalue weighted by Gasteiger charge is 2.37. The Morgan fingerprint density at radius 1 is 1.29 bits per heavy atom. The van der Waals surface area contributed by atoms with E-state index < -0.39 is 0 Å². The van der Waals surface area contributed by atoms with Crippen molar-refractivity contribution >= 4 is 29.9 Å². The molecular formula is C19H33IN4. The largest absolute Gasteiger partial charge is 0.356 e. The molecule has 1 aromatic rings. The number of aliphatic imine (C=N–C) groups is 1. The number of pyridine rings is 1. The summed E-state index contributed by atoms with van der Waals surface area (Å²) in [6.45, 7) is 8.57. The Bertz CT molecular complexity index is 507. The molecule has 1 aromatic heterocycles. The van der Waals surface area contributed by atoms with Crippen molar-refractivity contribution in [3.63, 3.8) is 0 Å². The van der Waals surface area contributed by atoms with E-state index in [0.717, 1.165) is 37.1 Å². The number of nitrogens with one attached hydrogen (secondary N) is 2. The van der Waals surface area contributed by atoms with Crippen LogP contribution in [0.25, 0.3) is 0 Å². The van der Waals surface area contributed by atoms with Crippen LogP contribution in [0.15, 0.2) is 23.3 Å². The lowest BCUT2D eigenvalue weighted by atomic mass is 9.64. The zero-order chi connectivity index (χ0) is 16.7. The highest BCUT2D eigenvalue weighted by atomic mass is 127. The van der Waals surface area contributed by atoms with Gasteiger partial charge in [0.2, 0.25) is 0 Å². The molecular weight excluding hydrogens is 411 g/mol. The molecule has 0 aromatic carbocycles. The lowest BCUT2D eigenvalue weighted by Gasteiger charge is -2.43. The van der Waals surface area contributed by atoms with Gasteiger partial charge in [0.1, 0.15) is 0 Å². The van der Waals surface area contributed by atoms with Gasteiger partial charge >= 0.3 is 0 Å². The van der Waals surface area contributed by atoms with Gasteiger partial charge in [0.15, 0.2) is 5.96 Å². The first-order chi connectivity index (χ1) is 11.0. The molecule has 1 aliphatic carbocycles. The Balaban J connectivity index is 0.00000288. The van der Waals surface area contributed by atoms with Gasteiger partial charge in [0.25, 0.3) is 0 Å². The van der Waals surface area contributed by atoms with Crippen LogP contribution in [0.3, 0.4) is 0 Å². The maximum Gasteiger partial charge on any atom is 0.191 e. The average molecular weight is 444 g/mol. The van der Waals surface area contributed by atoms with E-state index in [-0.39, 0.29) is 24.0 Å². The van der Waals surface area contributed by atoms with Crippen LogP contribution in [-0.4, -0.2) is 31.1 Å². The van der Waals surface area contributed by atoms with Gasteiger partial charge in [-0.2, -0.15) is 0 Å². The Morgan fingerprint density at radius 3 is 2.54 bits per heavy atom. The third kappa shape index (κ3) is 6.57. The molecule has 1 fully saturated rings. The molecule has 5 heteroatoms. The van der Waals surface area contributed by atoms with Gasteiger partial charge in [-0.1, -0.05) is 26.3 Å². The van der Waals surface area contributed by atoms with Crippen molar-refractivity contribution in [2.75, 3.05) is 20.1 Å². The lowest BCUT2D eigenvalue weighted by Crippen LogP contribution is -2.47. The molecule has 2 N–H and O–H groups in total. The van der Waals surface area contributed by atoms with Crippen LogP contribution in [0.2, 0.25) is 0 Å². The van der Waals surface area contributed by atoms with Crippen LogP contribution in [0.5, 0.6) is 0 Å². The second kappa shape index (κ2) is 10.2. The molecule has 0 bridgehead atoms. The van der Waals surface area contributed by atoms with Crippen molar-refractivity contribution < 1.29 is 0 Å². The molecule has 136 valence electrons. The van der Waals surface area contributed by atoms with Gasteiger partial charge in [0.05, 0.1) is 0 Å². The number of rotatable bonds is 7. The second-order valence-corrected chi connectivity index (χ2v) is 7.36. The summed E-state index contributed by atoms with van der Waals surface area (Å²) < 4.78 is 0. The normalized spacial score (nSPS) is 16.3. The molecule has 0 spiro atoms. The average Bonchev–Trinajstić information content (AvgIpc) is 2.49. The molecule has 0 amide bonds. The van der Waals surface area contributed by atoms with E-state index in [1.54, 1.807) is 0 Å². The predicted octanol–water partition coefficient (Wildman–Crippen LogP) is 3.93. The molecule has 0 radical (unpaired) electrons. The molecule has 4 nitrogen and oxygen atoms in total. The molecule has 1 saturated carbocycles. The van der Waals surface area contributed by atoms with Gasteiger partial charge < -0.3 is 10.6 Å². The second-order valence-electron chi connectivity index (χ2n) is 7.36. The Hall–Kier alpha value is -0.850. The van der Waals surface area contributed by atoms with Crippen molar-refractivity contribution in [2.45, 2.75) is 52.9 Å². The van der Waals surface area contributed by atoms with Crippen LogP contribution >= 0.6 is 24.0 Å². The smallest absolute Gasteiger partial charge is 0.191 e. The summed E-state index contributed by atoms with van der Waals surface area (Å²) in [5, 5.41) is 6.95. The van der Waals surface area contributed by atoms with E-state index in [0.29, 0.717) is 5.41 Å². The van der Waals surface area contributed by atoms with Crippen molar-refractivity contribution in [2.24, 2.45) is 16.3 Å². The van der Waals surface area contributed by atoms with E-state index in [1.807, 2.05) is 20.2 Å². The highest BCUT2D eigenvalue weighted by Crippen LogP contribution is 2.45. The number of aryl methyl sites for hydroxylation is 1. The van der Waals surface area contributed by atoms with Crippen molar-refractivity contribution in [3.05, 3.63) is 29.6 Å². The fourth-order valence-corrected chi connectivity index (χ4v) is 3.46. The molecule has 1 heterocycles. The van der Waals surface area contributed by atoms with E-state index in [4.69, 9.17) is 0 Å². The quantitative estimate of drug-likeness (QED) is 0.381. The van der Waals surface area contributed by atoms with E-state index in [9.17, 15) is 0 Å². The minimum Gasteiger partial charge on any atom is -0.356 e. The van der Waals surface area contributed by atoms with Crippen molar-refractivity contribution in [1.29, 1.82) is 0 Å². The molecule has 0 atom stereocenters. The number of aromatic nitrogens is 1. The highest BCUT2D eigenvalue weighted by molar-refractivity contribution is 14.0. The predicted molar refractivity (Wildman–Crippen MR) is 113 cm³/mol.